The molecule has 0 aliphatic heterocycles. The highest BCUT2D eigenvalue weighted by Gasteiger charge is 2.08. The number of rotatable bonds is 3. The molecule has 0 aliphatic rings. The number of anilines is 1. The van der Waals surface area contributed by atoms with E-state index >= 15 is 0 Å². The van der Waals surface area contributed by atoms with Crippen molar-refractivity contribution in [2.45, 2.75) is 20.4 Å². The van der Waals surface area contributed by atoms with Gasteiger partial charge in [0.1, 0.15) is 18.0 Å². The Hall–Kier alpha value is -2.49. The van der Waals surface area contributed by atoms with Gasteiger partial charge in [-0.3, -0.25) is 0 Å². The third-order valence-electron chi connectivity index (χ3n) is 3.56. The molecule has 0 spiro atoms. The standard InChI is InChI=1S/C17H16FN3/c1-11-6-7-13(12(2)8-11)9-19-17-16-14(18)4-3-5-15(16)20-10-21-17/h3-8,10H,9H2,1-2H3,(H,19,20,21). The summed E-state index contributed by atoms with van der Waals surface area (Å²) in [4.78, 5) is 8.26. The molecule has 0 bridgehead atoms. The summed E-state index contributed by atoms with van der Waals surface area (Å²) < 4.78 is 14.0. The molecular formula is C17H16FN3. The highest BCUT2D eigenvalue weighted by atomic mass is 19.1. The summed E-state index contributed by atoms with van der Waals surface area (Å²) in [5, 5.41) is 3.65. The molecule has 3 aromatic rings. The van der Waals surface area contributed by atoms with Gasteiger partial charge in [0, 0.05) is 6.54 Å². The number of aromatic nitrogens is 2. The maximum atomic E-state index is 14.0. The van der Waals surface area contributed by atoms with Crippen molar-refractivity contribution in [1.82, 2.24) is 9.97 Å². The van der Waals surface area contributed by atoms with Crippen LogP contribution in [0.2, 0.25) is 0 Å². The molecule has 0 fully saturated rings. The van der Waals surface area contributed by atoms with Crippen molar-refractivity contribution in [3.63, 3.8) is 0 Å². The Morgan fingerprint density at radius 3 is 2.76 bits per heavy atom. The van der Waals surface area contributed by atoms with Crippen LogP contribution in [-0.2, 0) is 6.54 Å². The van der Waals surface area contributed by atoms with Gasteiger partial charge in [0.15, 0.2) is 0 Å². The van der Waals surface area contributed by atoms with Crippen molar-refractivity contribution in [2.75, 3.05) is 5.32 Å². The van der Waals surface area contributed by atoms with Crippen LogP contribution in [0.1, 0.15) is 16.7 Å². The number of fused-ring (bicyclic) bond motifs is 1. The van der Waals surface area contributed by atoms with E-state index in [1.54, 1.807) is 12.1 Å². The number of aryl methyl sites for hydroxylation is 2. The molecule has 1 aromatic heterocycles. The largest absolute Gasteiger partial charge is 0.365 e. The summed E-state index contributed by atoms with van der Waals surface area (Å²) >= 11 is 0. The van der Waals surface area contributed by atoms with Crippen molar-refractivity contribution in [2.24, 2.45) is 0 Å². The van der Waals surface area contributed by atoms with Gasteiger partial charge in [-0.2, -0.15) is 0 Å². The molecule has 3 rings (SSSR count). The van der Waals surface area contributed by atoms with Crippen LogP contribution in [-0.4, -0.2) is 9.97 Å². The summed E-state index contributed by atoms with van der Waals surface area (Å²) in [6, 6.07) is 11.1. The predicted molar refractivity (Wildman–Crippen MR) is 82.7 cm³/mol. The van der Waals surface area contributed by atoms with Crippen LogP contribution in [0.25, 0.3) is 10.9 Å². The summed E-state index contributed by atoms with van der Waals surface area (Å²) in [6.45, 7) is 4.74. The van der Waals surface area contributed by atoms with Crippen molar-refractivity contribution in [1.29, 1.82) is 0 Å². The van der Waals surface area contributed by atoms with E-state index in [9.17, 15) is 4.39 Å². The third kappa shape index (κ3) is 2.70. The second-order valence-corrected chi connectivity index (χ2v) is 5.14. The Balaban J connectivity index is 1.92. The molecule has 1 heterocycles. The summed E-state index contributed by atoms with van der Waals surface area (Å²) in [5.41, 5.74) is 4.22. The Bertz CT molecular complexity index is 794. The average molecular weight is 281 g/mol. The number of benzene rings is 2. The van der Waals surface area contributed by atoms with Gasteiger partial charge in [0.25, 0.3) is 0 Å². The Labute approximate surface area is 122 Å². The van der Waals surface area contributed by atoms with Gasteiger partial charge >= 0.3 is 0 Å². The molecule has 3 nitrogen and oxygen atoms in total. The number of halogens is 1. The lowest BCUT2D eigenvalue weighted by molar-refractivity contribution is 0.639. The van der Waals surface area contributed by atoms with Crippen LogP contribution in [0, 0.1) is 19.7 Å². The van der Waals surface area contributed by atoms with Gasteiger partial charge in [0.05, 0.1) is 10.9 Å². The van der Waals surface area contributed by atoms with Crippen LogP contribution >= 0.6 is 0 Å². The first-order chi connectivity index (χ1) is 10.1. The summed E-state index contributed by atoms with van der Waals surface area (Å²) in [5.74, 6) is 0.217. The van der Waals surface area contributed by atoms with Crippen molar-refractivity contribution < 1.29 is 4.39 Å². The van der Waals surface area contributed by atoms with Crippen molar-refractivity contribution in [3.8, 4) is 0 Å². The first-order valence-electron chi connectivity index (χ1n) is 6.84. The van der Waals surface area contributed by atoms with E-state index in [0.717, 1.165) is 0 Å². The molecule has 2 aromatic carbocycles. The second-order valence-electron chi connectivity index (χ2n) is 5.14. The molecule has 21 heavy (non-hydrogen) atoms. The fraction of sp³-hybridized carbons (Fsp3) is 0.176. The minimum absolute atomic E-state index is 0.309. The van der Waals surface area contributed by atoms with E-state index in [4.69, 9.17) is 0 Å². The Morgan fingerprint density at radius 1 is 1.10 bits per heavy atom. The maximum absolute atomic E-state index is 14.0. The molecular weight excluding hydrogens is 265 g/mol. The van der Waals surface area contributed by atoms with Gasteiger partial charge in [-0.15, -0.1) is 0 Å². The number of hydrogen-bond donors (Lipinski definition) is 1. The molecule has 0 unspecified atom stereocenters. The Morgan fingerprint density at radius 2 is 1.95 bits per heavy atom. The maximum Gasteiger partial charge on any atom is 0.140 e. The fourth-order valence-electron chi connectivity index (χ4n) is 2.43. The first-order valence-corrected chi connectivity index (χ1v) is 6.84. The molecule has 0 saturated heterocycles. The molecule has 0 saturated carbocycles. The van der Waals surface area contributed by atoms with Gasteiger partial charge in [-0.1, -0.05) is 29.8 Å². The van der Waals surface area contributed by atoms with Crippen LogP contribution in [0.15, 0.2) is 42.7 Å². The lowest BCUT2D eigenvalue weighted by Gasteiger charge is -2.11. The number of nitrogens with zero attached hydrogens (tertiary/aromatic N) is 2. The smallest absolute Gasteiger partial charge is 0.140 e. The molecule has 0 atom stereocenters. The zero-order chi connectivity index (χ0) is 14.8. The molecule has 4 heteroatoms. The molecule has 0 amide bonds. The monoisotopic (exact) mass is 281 g/mol. The van der Waals surface area contributed by atoms with E-state index in [1.165, 1.54) is 29.1 Å². The normalized spacial score (nSPS) is 10.8. The zero-order valence-corrected chi connectivity index (χ0v) is 12.0. The van der Waals surface area contributed by atoms with Crippen LogP contribution < -0.4 is 5.32 Å². The molecule has 0 aliphatic carbocycles. The predicted octanol–water partition coefficient (Wildman–Crippen LogP) is 4.00. The van der Waals surface area contributed by atoms with E-state index in [2.05, 4.69) is 47.3 Å². The first kappa shape index (κ1) is 13.5. The van der Waals surface area contributed by atoms with E-state index in [1.807, 2.05) is 0 Å². The molecule has 0 radical (unpaired) electrons. The lowest BCUT2D eigenvalue weighted by atomic mass is 10.1. The third-order valence-corrected chi connectivity index (χ3v) is 3.56. The van der Waals surface area contributed by atoms with Crippen molar-refractivity contribution in [3.05, 3.63) is 65.2 Å². The van der Waals surface area contributed by atoms with E-state index < -0.39 is 0 Å². The van der Waals surface area contributed by atoms with Gasteiger partial charge < -0.3 is 5.32 Å². The lowest BCUT2D eigenvalue weighted by Crippen LogP contribution is -2.05. The minimum Gasteiger partial charge on any atom is -0.365 e. The Kier molecular flexibility index (Phi) is 3.52. The van der Waals surface area contributed by atoms with Gasteiger partial charge in [-0.05, 0) is 37.1 Å². The number of nitrogens with one attached hydrogen (secondary N) is 1. The van der Waals surface area contributed by atoms with Crippen LogP contribution in [0.5, 0.6) is 0 Å². The zero-order valence-electron chi connectivity index (χ0n) is 12.0. The van der Waals surface area contributed by atoms with E-state index in [-0.39, 0.29) is 5.82 Å². The van der Waals surface area contributed by atoms with Gasteiger partial charge in [-0.25, -0.2) is 14.4 Å². The van der Waals surface area contributed by atoms with Gasteiger partial charge in [0.2, 0.25) is 0 Å². The SMILES string of the molecule is Cc1ccc(CNc2ncnc3cccc(F)c23)c(C)c1. The topological polar surface area (TPSA) is 37.8 Å². The van der Waals surface area contributed by atoms with Crippen molar-refractivity contribution >= 4 is 16.7 Å². The van der Waals surface area contributed by atoms with E-state index in [0.29, 0.717) is 23.3 Å². The fourth-order valence-corrected chi connectivity index (χ4v) is 2.43. The summed E-state index contributed by atoms with van der Waals surface area (Å²) in [6.07, 6.45) is 1.45. The average Bonchev–Trinajstić information content (AvgIpc) is 2.46. The molecule has 106 valence electrons. The second kappa shape index (κ2) is 5.48. The highest BCUT2D eigenvalue weighted by Crippen LogP contribution is 2.23. The minimum atomic E-state index is -0.309. The number of hydrogen-bond acceptors (Lipinski definition) is 3. The highest BCUT2D eigenvalue weighted by molar-refractivity contribution is 5.89. The quantitative estimate of drug-likeness (QED) is 0.788. The van der Waals surface area contributed by atoms with Crippen LogP contribution in [0.4, 0.5) is 10.2 Å². The van der Waals surface area contributed by atoms with Crippen LogP contribution in [0.3, 0.4) is 0 Å². The molecule has 1 N–H and O–H groups in total. The summed E-state index contributed by atoms with van der Waals surface area (Å²) in [7, 11) is 0.